The molecule has 2 rings (SSSR count). The van der Waals surface area contributed by atoms with E-state index >= 15 is 0 Å². The van der Waals surface area contributed by atoms with Crippen LogP contribution in [-0.2, 0) is 9.84 Å². The second kappa shape index (κ2) is 5.84. The van der Waals surface area contributed by atoms with Crippen molar-refractivity contribution in [3.8, 4) is 0 Å². The Morgan fingerprint density at radius 3 is 2.23 bits per heavy atom. The van der Waals surface area contributed by atoms with E-state index in [1.165, 1.54) is 24.3 Å². The number of nitrogens with zero attached hydrogens (tertiary/aromatic N) is 2. The predicted molar refractivity (Wildman–Crippen MR) is 83.7 cm³/mol. The third kappa shape index (κ3) is 3.48. The summed E-state index contributed by atoms with van der Waals surface area (Å²) in [7, 11) is -3.36. The fourth-order valence-electron chi connectivity index (χ4n) is 1.87. The first-order chi connectivity index (χ1) is 10.2. The fraction of sp³-hybridized carbons (Fsp3) is 0.267. The number of hydrogen-bond acceptors (Lipinski definition) is 5. The first-order valence-corrected chi connectivity index (χ1v) is 8.51. The highest BCUT2D eigenvalue weighted by Crippen LogP contribution is 2.14. The van der Waals surface area contributed by atoms with Crippen molar-refractivity contribution >= 4 is 21.7 Å². The van der Waals surface area contributed by atoms with Crippen molar-refractivity contribution in [3.63, 3.8) is 0 Å². The van der Waals surface area contributed by atoms with Crippen LogP contribution in [-0.4, -0.2) is 30.5 Å². The molecule has 1 N–H and O–H groups in total. The van der Waals surface area contributed by atoms with Crippen LogP contribution in [0.1, 0.15) is 27.3 Å². The van der Waals surface area contributed by atoms with Gasteiger partial charge < -0.3 is 0 Å². The topological polar surface area (TPSA) is 89.0 Å². The van der Waals surface area contributed by atoms with E-state index in [-0.39, 0.29) is 16.4 Å². The molecule has 116 valence electrons. The molecule has 1 aromatic carbocycles. The minimum atomic E-state index is -3.36. The lowest BCUT2D eigenvalue weighted by Gasteiger charge is -2.09. The Bertz CT molecular complexity index is 822. The van der Waals surface area contributed by atoms with Crippen LogP contribution in [0.25, 0.3) is 0 Å². The van der Waals surface area contributed by atoms with Gasteiger partial charge in [0.1, 0.15) is 0 Å². The van der Waals surface area contributed by atoms with Crippen molar-refractivity contribution in [3.05, 3.63) is 46.8 Å². The molecule has 0 aliphatic heterocycles. The molecule has 0 saturated heterocycles. The van der Waals surface area contributed by atoms with Crippen molar-refractivity contribution in [2.24, 2.45) is 0 Å². The zero-order chi connectivity index (χ0) is 16.5. The third-order valence-electron chi connectivity index (χ3n) is 3.38. The third-order valence-corrected chi connectivity index (χ3v) is 4.49. The van der Waals surface area contributed by atoms with Gasteiger partial charge in [-0.15, -0.1) is 0 Å². The molecule has 0 radical (unpaired) electrons. The molecule has 0 unspecified atom stereocenters. The van der Waals surface area contributed by atoms with Crippen LogP contribution in [0.3, 0.4) is 0 Å². The zero-order valence-electron chi connectivity index (χ0n) is 12.8. The number of sulfone groups is 1. The Labute approximate surface area is 129 Å². The number of benzene rings is 1. The van der Waals surface area contributed by atoms with Gasteiger partial charge in [0.15, 0.2) is 9.84 Å². The number of anilines is 1. The fourth-order valence-corrected chi connectivity index (χ4v) is 2.54. The van der Waals surface area contributed by atoms with Gasteiger partial charge in [-0.25, -0.2) is 18.4 Å². The summed E-state index contributed by atoms with van der Waals surface area (Å²) in [4.78, 5) is 20.7. The van der Waals surface area contributed by atoms with Crippen LogP contribution in [0, 0.1) is 20.8 Å². The molecule has 0 saturated carbocycles. The van der Waals surface area contributed by atoms with Gasteiger partial charge in [-0.1, -0.05) is 6.07 Å². The molecule has 1 heterocycles. The van der Waals surface area contributed by atoms with Crippen molar-refractivity contribution in [2.75, 3.05) is 11.6 Å². The van der Waals surface area contributed by atoms with Gasteiger partial charge in [-0.3, -0.25) is 10.1 Å². The van der Waals surface area contributed by atoms with Gasteiger partial charge in [-0.2, -0.15) is 0 Å². The number of rotatable bonds is 3. The van der Waals surface area contributed by atoms with E-state index < -0.39 is 15.7 Å². The molecule has 0 aliphatic carbocycles. The highest BCUT2D eigenvalue weighted by molar-refractivity contribution is 7.90. The van der Waals surface area contributed by atoms with E-state index in [0.29, 0.717) is 0 Å². The van der Waals surface area contributed by atoms with Crippen molar-refractivity contribution in [1.29, 1.82) is 0 Å². The summed E-state index contributed by atoms with van der Waals surface area (Å²) in [5.74, 6) is -0.247. The molecule has 22 heavy (non-hydrogen) atoms. The Hall–Kier alpha value is -2.28. The Morgan fingerprint density at radius 2 is 1.68 bits per heavy atom. The molecular formula is C15H17N3O3S. The van der Waals surface area contributed by atoms with E-state index in [9.17, 15) is 13.2 Å². The number of carbonyl (C=O) groups excluding carboxylic acids is 1. The number of hydrogen-bond donors (Lipinski definition) is 1. The smallest absolute Gasteiger partial charge is 0.258 e. The van der Waals surface area contributed by atoms with Crippen molar-refractivity contribution < 1.29 is 13.2 Å². The highest BCUT2D eigenvalue weighted by Gasteiger charge is 2.13. The Kier molecular flexibility index (Phi) is 4.27. The number of nitrogens with one attached hydrogen (secondary N) is 1. The summed E-state index contributed by atoms with van der Waals surface area (Å²) in [6.45, 7) is 5.58. The number of aromatic nitrogens is 2. The average molecular weight is 319 g/mol. The van der Waals surface area contributed by atoms with E-state index in [1.54, 1.807) is 0 Å². The lowest BCUT2D eigenvalue weighted by molar-refractivity contribution is 0.102. The van der Waals surface area contributed by atoms with E-state index in [4.69, 9.17) is 0 Å². The maximum absolute atomic E-state index is 12.2. The molecule has 1 aromatic heterocycles. The lowest BCUT2D eigenvalue weighted by atomic mass is 10.2. The van der Waals surface area contributed by atoms with Gasteiger partial charge >= 0.3 is 0 Å². The molecule has 0 fully saturated rings. The molecule has 2 aromatic rings. The monoisotopic (exact) mass is 319 g/mol. The maximum Gasteiger partial charge on any atom is 0.258 e. The van der Waals surface area contributed by atoms with Crippen molar-refractivity contribution in [1.82, 2.24) is 9.97 Å². The first kappa shape index (κ1) is 16.1. The Morgan fingerprint density at radius 1 is 1.09 bits per heavy atom. The summed E-state index contributed by atoms with van der Waals surface area (Å²) in [5, 5.41) is 2.59. The van der Waals surface area contributed by atoms with Gasteiger partial charge in [0.05, 0.1) is 4.90 Å². The molecular weight excluding hydrogens is 302 g/mol. The van der Waals surface area contributed by atoms with E-state index in [2.05, 4.69) is 15.3 Å². The molecule has 0 atom stereocenters. The second-order valence-corrected chi connectivity index (χ2v) is 7.11. The molecule has 0 spiro atoms. The SMILES string of the molecule is Cc1nc(NC(=O)c2cccc(S(C)(=O)=O)c2)nc(C)c1C. The van der Waals surface area contributed by atoms with Crippen LogP contribution in [0.2, 0.25) is 0 Å². The van der Waals surface area contributed by atoms with Gasteiger partial charge in [0.2, 0.25) is 5.95 Å². The Balaban J connectivity index is 2.30. The average Bonchev–Trinajstić information content (AvgIpc) is 2.44. The summed E-state index contributed by atoms with van der Waals surface area (Å²) < 4.78 is 23.1. The lowest BCUT2D eigenvalue weighted by Crippen LogP contribution is -2.16. The van der Waals surface area contributed by atoms with Crippen molar-refractivity contribution in [2.45, 2.75) is 25.7 Å². The van der Waals surface area contributed by atoms with Gasteiger partial charge in [-0.05, 0) is 44.5 Å². The predicted octanol–water partition coefficient (Wildman–Crippen LogP) is 2.06. The van der Waals surface area contributed by atoms with Crippen LogP contribution in [0.4, 0.5) is 5.95 Å². The van der Waals surface area contributed by atoms with E-state index in [0.717, 1.165) is 23.2 Å². The highest BCUT2D eigenvalue weighted by atomic mass is 32.2. The molecule has 0 bridgehead atoms. The molecule has 1 amide bonds. The van der Waals surface area contributed by atoms with Crippen LogP contribution in [0.5, 0.6) is 0 Å². The summed E-state index contributed by atoms with van der Waals surface area (Å²) in [6.07, 6.45) is 1.10. The van der Waals surface area contributed by atoms with E-state index in [1.807, 2.05) is 20.8 Å². The zero-order valence-corrected chi connectivity index (χ0v) is 13.7. The first-order valence-electron chi connectivity index (χ1n) is 6.62. The normalized spacial score (nSPS) is 11.3. The van der Waals surface area contributed by atoms with Gasteiger partial charge in [0, 0.05) is 23.2 Å². The number of amides is 1. The quantitative estimate of drug-likeness (QED) is 0.935. The minimum absolute atomic E-state index is 0.0948. The van der Waals surface area contributed by atoms with Crippen LogP contribution in [0.15, 0.2) is 29.2 Å². The van der Waals surface area contributed by atoms with Crippen LogP contribution >= 0.6 is 0 Å². The van der Waals surface area contributed by atoms with Crippen LogP contribution < -0.4 is 5.32 Å². The second-order valence-electron chi connectivity index (χ2n) is 5.10. The summed E-state index contributed by atoms with van der Waals surface area (Å²) >= 11 is 0. The largest absolute Gasteiger partial charge is 0.290 e. The molecule has 6 nitrogen and oxygen atoms in total. The summed E-state index contributed by atoms with van der Waals surface area (Å²) in [5.41, 5.74) is 2.78. The number of carbonyl (C=O) groups is 1. The maximum atomic E-state index is 12.2. The number of aryl methyl sites for hydroxylation is 2. The standard InChI is InChI=1S/C15H17N3O3S/c1-9-10(2)16-15(17-11(9)3)18-14(19)12-6-5-7-13(8-12)22(4,20)21/h5-8H,1-4H3,(H,16,17,18,19). The molecule has 7 heteroatoms. The molecule has 0 aliphatic rings. The minimum Gasteiger partial charge on any atom is -0.290 e. The van der Waals surface area contributed by atoms with Gasteiger partial charge in [0.25, 0.3) is 5.91 Å². The summed E-state index contributed by atoms with van der Waals surface area (Å²) in [6, 6.07) is 5.84.